The second-order valence-corrected chi connectivity index (χ2v) is 6.02. The first-order valence-electron chi connectivity index (χ1n) is 8.18. The maximum absolute atomic E-state index is 12.1. The molecule has 0 aliphatic carbocycles. The number of halogens is 1. The highest BCUT2D eigenvalue weighted by atomic mass is 127. The molecule has 0 saturated carbocycles. The molecule has 2 aromatic rings. The molecule has 142 valence electrons. The Kier molecular flexibility index (Phi) is 10.7. The van der Waals surface area contributed by atoms with Crippen molar-refractivity contribution >= 4 is 47.2 Å². The molecule has 0 radical (unpaired) electrons. The van der Waals surface area contributed by atoms with Crippen molar-refractivity contribution in [2.24, 2.45) is 4.99 Å². The van der Waals surface area contributed by atoms with E-state index in [9.17, 15) is 4.79 Å². The number of amides is 1. The number of benzene rings is 1. The molecule has 0 saturated heterocycles. The number of hydrogen-bond donors (Lipinski definition) is 3. The lowest BCUT2D eigenvalue weighted by molar-refractivity contribution is 0.0954. The molecule has 8 heteroatoms. The van der Waals surface area contributed by atoms with Gasteiger partial charge in [0.15, 0.2) is 5.96 Å². The van der Waals surface area contributed by atoms with Crippen LogP contribution in [0.1, 0.15) is 22.8 Å². The number of methoxy groups -OCH3 is 1. The van der Waals surface area contributed by atoms with Crippen molar-refractivity contribution < 1.29 is 9.53 Å². The van der Waals surface area contributed by atoms with Crippen molar-refractivity contribution in [3.05, 3.63) is 52.2 Å². The van der Waals surface area contributed by atoms with Gasteiger partial charge in [-0.15, -0.1) is 24.0 Å². The number of hydrogen-bond acceptors (Lipinski definition) is 4. The Labute approximate surface area is 175 Å². The Morgan fingerprint density at radius 2 is 2.00 bits per heavy atom. The molecule has 0 unspecified atom stereocenters. The molecule has 2 rings (SSSR count). The zero-order chi connectivity index (χ0) is 17.9. The van der Waals surface area contributed by atoms with Gasteiger partial charge in [-0.2, -0.15) is 11.3 Å². The van der Waals surface area contributed by atoms with Crippen molar-refractivity contribution in [1.29, 1.82) is 0 Å². The van der Waals surface area contributed by atoms with Crippen molar-refractivity contribution in [1.82, 2.24) is 16.0 Å². The molecule has 0 fully saturated rings. The summed E-state index contributed by atoms with van der Waals surface area (Å²) in [6.45, 7) is 4.52. The molecule has 1 aromatic heterocycles. The molecule has 1 aromatic carbocycles. The second kappa shape index (κ2) is 12.5. The van der Waals surface area contributed by atoms with E-state index < -0.39 is 0 Å². The lowest BCUT2D eigenvalue weighted by atomic mass is 10.2. The van der Waals surface area contributed by atoms with Gasteiger partial charge in [-0.3, -0.25) is 4.79 Å². The van der Waals surface area contributed by atoms with Gasteiger partial charge in [-0.05, 0) is 47.5 Å². The number of thiophene rings is 1. The van der Waals surface area contributed by atoms with E-state index >= 15 is 0 Å². The zero-order valence-electron chi connectivity index (χ0n) is 15.0. The van der Waals surface area contributed by atoms with Crippen molar-refractivity contribution in [3.63, 3.8) is 0 Å². The molecule has 0 atom stereocenters. The smallest absolute Gasteiger partial charge is 0.251 e. The van der Waals surface area contributed by atoms with Crippen LogP contribution in [0.2, 0.25) is 0 Å². The number of aliphatic imine (C=N–C) groups is 1. The summed E-state index contributed by atoms with van der Waals surface area (Å²) in [6.07, 6.45) is 0. The van der Waals surface area contributed by atoms with Gasteiger partial charge < -0.3 is 20.7 Å². The Morgan fingerprint density at radius 1 is 1.19 bits per heavy atom. The summed E-state index contributed by atoms with van der Waals surface area (Å²) < 4.78 is 5.13. The zero-order valence-corrected chi connectivity index (χ0v) is 18.1. The van der Waals surface area contributed by atoms with Crippen LogP contribution in [0.4, 0.5) is 0 Å². The highest BCUT2D eigenvalue weighted by molar-refractivity contribution is 14.0. The SMILES string of the molecule is CCNC(=NCc1ccsc1)NCCNC(=O)c1cccc(OC)c1.I. The minimum atomic E-state index is -0.124. The standard InChI is InChI=1S/C18H24N4O2S.HI/c1-3-19-18(22-12-14-7-10-25-13-14)21-9-8-20-17(23)15-5-4-6-16(11-15)24-2;/h4-7,10-11,13H,3,8-9,12H2,1-2H3,(H,20,23)(H2,19,21,22);1H. The van der Waals surface area contributed by atoms with Gasteiger partial charge in [0.05, 0.1) is 13.7 Å². The third kappa shape index (κ3) is 7.61. The van der Waals surface area contributed by atoms with E-state index in [0.717, 1.165) is 12.5 Å². The fraction of sp³-hybridized carbons (Fsp3) is 0.333. The average Bonchev–Trinajstić information content (AvgIpc) is 3.16. The first kappa shape index (κ1) is 22.2. The number of carbonyl (C=O) groups excluding carboxylic acids is 1. The van der Waals surface area contributed by atoms with Gasteiger partial charge in [0.2, 0.25) is 0 Å². The van der Waals surface area contributed by atoms with Crippen LogP contribution in [0.25, 0.3) is 0 Å². The normalized spacial score (nSPS) is 10.6. The quantitative estimate of drug-likeness (QED) is 0.231. The molecule has 0 aliphatic rings. The Hall–Kier alpha value is -1.81. The van der Waals surface area contributed by atoms with Gasteiger partial charge >= 0.3 is 0 Å². The first-order chi connectivity index (χ1) is 12.2. The maximum Gasteiger partial charge on any atom is 0.251 e. The summed E-state index contributed by atoms with van der Waals surface area (Å²) in [5.74, 6) is 1.28. The molecule has 1 heterocycles. The lowest BCUT2D eigenvalue weighted by Gasteiger charge is -2.12. The molecule has 0 bridgehead atoms. The van der Waals surface area contributed by atoms with E-state index in [1.54, 1.807) is 36.6 Å². The Bertz CT molecular complexity index is 692. The highest BCUT2D eigenvalue weighted by Gasteiger charge is 2.06. The van der Waals surface area contributed by atoms with E-state index in [0.29, 0.717) is 30.9 Å². The van der Waals surface area contributed by atoms with Crippen LogP contribution in [-0.4, -0.2) is 38.6 Å². The van der Waals surface area contributed by atoms with Crippen LogP contribution >= 0.6 is 35.3 Å². The van der Waals surface area contributed by atoms with Crippen molar-refractivity contribution in [3.8, 4) is 5.75 Å². The molecule has 0 spiro atoms. The summed E-state index contributed by atoms with van der Waals surface area (Å²) >= 11 is 1.66. The molecular formula is C18H25IN4O2S. The number of nitrogens with zero attached hydrogens (tertiary/aromatic N) is 1. The third-order valence-corrected chi connectivity index (χ3v) is 4.11. The Morgan fingerprint density at radius 3 is 2.69 bits per heavy atom. The van der Waals surface area contributed by atoms with E-state index in [4.69, 9.17) is 4.74 Å². The van der Waals surface area contributed by atoms with E-state index in [1.807, 2.05) is 18.4 Å². The number of ether oxygens (including phenoxy) is 1. The summed E-state index contributed by atoms with van der Waals surface area (Å²) in [7, 11) is 1.58. The Balaban J connectivity index is 0.00000338. The van der Waals surface area contributed by atoms with Gasteiger partial charge in [-0.1, -0.05) is 6.07 Å². The summed E-state index contributed by atoms with van der Waals surface area (Å²) in [5.41, 5.74) is 1.77. The van der Waals surface area contributed by atoms with Gasteiger partial charge in [0, 0.05) is 25.2 Å². The van der Waals surface area contributed by atoms with Gasteiger partial charge in [0.1, 0.15) is 5.75 Å². The highest BCUT2D eigenvalue weighted by Crippen LogP contribution is 2.12. The fourth-order valence-electron chi connectivity index (χ4n) is 2.12. The monoisotopic (exact) mass is 488 g/mol. The molecule has 0 aliphatic heterocycles. The van der Waals surface area contributed by atoms with Crippen LogP contribution in [0.3, 0.4) is 0 Å². The first-order valence-corrected chi connectivity index (χ1v) is 9.12. The van der Waals surface area contributed by atoms with E-state index in [1.165, 1.54) is 5.56 Å². The van der Waals surface area contributed by atoms with Gasteiger partial charge in [0.25, 0.3) is 5.91 Å². The summed E-state index contributed by atoms with van der Waals surface area (Å²) in [5, 5.41) is 13.4. The average molecular weight is 488 g/mol. The predicted octanol–water partition coefficient (Wildman–Crippen LogP) is 2.86. The second-order valence-electron chi connectivity index (χ2n) is 5.24. The summed E-state index contributed by atoms with van der Waals surface area (Å²) in [4.78, 5) is 16.7. The van der Waals surface area contributed by atoms with Gasteiger partial charge in [-0.25, -0.2) is 4.99 Å². The van der Waals surface area contributed by atoms with Crippen LogP contribution in [-0.2, 0) is 6.54 Å². The maximum atomic E-state index is 12.1. The molecule has 3 N–H and O–H groups in total. The van der Waals surface area contributed by atoms with E-state index in [2.05, 4.69) is 32.4 Å². The third-order valence-electron chi connectivity index (χ3n) is 3.38. The largest absolute Gasteiger partial charge is 0.497 e. The molecule has 26 heavy (non-hydrogen) atoms. The number of rotatable bonds is 8. The number of nitrogens with one attached hydrogen (secondary N) is 3. The van der Waals surface area contributed by atoms with Crippen LogP contribution < -0.4 is 20.7 Å². The summed E-state index contributed by atoms with van der Waals surface area (Å²) in [6, 6.07) is 9.15. The van der Waals surface area contributed by atoms with Crippen LogP contribution in [0.15, 0.2) is 46.1 Å². The fourth-order valence-corrected chi connectivity index (χ4v) is 2.78. The van der Waals surface area contributed by atoms with E-state index in [-0.39, 0.29) is 29.9 Å². The van der Waals surface area contributed by atoms with Crippen LogP contribution in [0.5, 0.6) is 5.75 Å². The van der Waals surface area contributed by atoms with Crippen molar-refractivity contribution in [2.75, 3.05) is 26.7 Å². The van der Waals surface area contributed by atoms with Crippen molar-refractivity contribution in [2.45, 2.75) is 13.5 Å². The minimum Gasteiger partial charge on any atom is -0.497 e. The topological polar surface area (TPSA) is 74.8 Å². The molecular weight excluding hydrogens is 463 g/mol. The molecule has 6 nitrogen and oxygen atoms in total. The van der Waals surface area contributed by atoms with Crippen LogP contribution in [0, 0.1) is 0 Å². The number of guanidine groups is 1. The number of carbonyl (C=O) groups is 1. The molecule has 1 amide bonds. The predicted molar refractivity (Wildman–Crippen MR) is 118 cm³/mol. The lowest BCUT2D eigenvalue weighted by Crippen LogP contribution is -2.41. The minimum absolute atomic E-state index is 0.